The summed E-state index contributed by atoms with van der Waals surface area (Å²) >= 11 is 0. The Labute approximate surface area is 96.5 Å². The smallest absolute Gasteiger partial charge is 0.135 e. The predicted octanol–water partition coefficient (Wildman–Crippen LogP) is 1.76. The standard InChI is InChI=1S/C13H19NO2/c1-3-14(4-2)7-5-6-10-8-12(15)13(16)9-11(10)14/h8-9H,3-7H2,1-2H3,(H-,15,16). The zero-order chi connectivity index (χ0) is 11.8. The van der Waals surface area contributed by atoms with Crippen molar-refractivity contribution in [1.82, 2.24) is 4.48 Å². The van der Waals surface area contributed by atoms with Crippen LogP contribution in [0.5, 0.6) is 11.5 Å². The zero-order valence-corrected chi connectivity index (χ0v) is 9.99. The van der Waals surface area contributed by atoms with E-state index < -0.39 is 0 Å². The first-order chi connectivity index (χ1) is 7.63. The quantitative estimate of drug-likeness (QED) is 0.773. The van der Waals surface area contributed by atoms with Gasteiger partial charge in [0.25, 0.3) is 0 Å². The van der Waals surface area contributed by atoms with E-state index in [0.29, 0.717) is 0 Å². The fourth-order valence-electron chi connectivity index (χ4n) is 2.82. The van der Waals surface area contributed by atoms with E-state index in [2.05, 4.69) is 13.8 Å². The number of hydrogen-bond acceptors (Lipinski definition) is 2. The average molecular weight is 221 g/mol. The first-order valence-corrected chi connectivity index (χ1v) is 6.02. The molecule has 3 nitrogen and oxygen atoms in total. The third kappa shape index (κ3) is 1.55. The van der Waals surface area contributed by atoms with Crippen molar-refractivity contribution >= 4 is 5.69 Å². The van der Waals surface area contributed by atoms with E-state index in [-0.39, 0.29) is 11.5 Å². The van der Waals surface area contributed by atoms with Crippen LogP contribution in [0.15, 0.2) is 12.1 Å². The SMILES string of the molecule is CC[N+]1(CC)CCCc2cc(O)c([O-])cc21. The zero-order valence-electron chi connectivity index (χ0n) is 9.99. The van der Waals surface area contributed by atoms with Gasteiger partial charge in [0.05, 0.1) is 19.6 Å². The Hall–Kier alpha value is -1.22. The predicted molar refractivity (Wildman–Crippen MR) is 63.6 cm³/mol. The molecule has 2 rings (SSSR count). The van der Waals surface area contributed by atoms with E-state index in [9.17, 15) is 10.2 Å². The minimum atomic E-state index is -0.245. The van der Waals surface area contributed by atoms with Crippen LogP contribution in [0.2, 0.25) is 0 Å². The fraction of sp³-hybridized carbons (Fsp3) is 0.538. The molecule has 0 spiro atoms. The molecule has 0 radical (unpaired) electrons. The number of hydrogen-bond donors (Lipinski definition) is 1. The van der Waals surface area contributed by atoms with Crippen molar-refractivity contribution in [3.05, 3.63) is 17.7 Å². The topological polar surface area (TPSA) is 43.3 Å². The van der Waals surface area contributed by atoms with Gasteiger partial charge in [0.2, 0.25) is 0 Å². The molecule has 0 aromatic heterocycles. The first kappa shape index (κ1) is 11.3. The van der Waals surface area contributed by atoms with Crippen molar-refractivity contribution in [3.8, 4) is 11.5 Å². The summed E-state index contributed by atoms with van der Waals surface area (Å²) in [5, 5.41) is 21.0. The highest BCUT2D eigenvalue weighted by molar-refractivity contribution is 5.60. The minimum Gasteiger partial charge on any atom is -0.870 e. The minimum absolute atomic E-state index is 0.106. The van der Waals surface area contributed by atoms with Gasteiger partial charge in [-0.2, -0.15) is 0 Å². The van der Waals surface area contributed by atoms with Crippen LogP contribution >= 0.6 is 0 Å². The van der Waals surface area contributed by atoms with Gasteiger partial charge < -0.3 is 10.2 Å². The molecule has 16 heavy (non-hydrogen) atoms. The first-order valence-electron chi connectivity index (χ1n) is 6.02. The second kappa shape index (κ2) is 3.98. The van der Waals surface area contributed by atoms with Crippen LogP contribution in [0.25, 0.3) is 0 Å². The lowest BCUT2D eigenvalue weighted by atomic mass is 9.98. The lowest BCUT2D eigenvalue weighted by molar-refractivity contribution is -0.270. The maximum Gasteiger partial charge on any atom is 0.135 e. The van der Waals surface area contributed by atoms with Gasteiger partial charge in [-0.3, -0.25) is 4.48 Å². The normalized spacial score (nSPS) is 18.1. The van der Waals surface area contributed by atoms with Gasteiger partial charge >= 0.3 is 0 Å². The summed E-state index contributed by atoms with van der Waals surface area (Å²) in [6.07, 6.45) is 2.11. The molecular formula is C13H19NO2. The molecule has 1 heterocycles. The molecule has 1 aromatic rings. The molecule has 1 aliphatic rings. The molecule has 1 aliphatic heterocycles. The molecule has 1 aromatic carbocycles. The molecule has 0 amide bonds. The molecule has 1 N–H and O–H groups in total. The molecule has 88 valence electrons. The van der Waals surface area contributed by atoms with Crippen LogP contribution in [-0.2, 0) is 6.42 Å². The molecule has 0 fully saturated rings. The number of fused-ring (bicyclic) bond motifs is 1. The van der Waals surface area contributed by atoms with Crippen LogP contribution in [-0.4, -0.2) is 24.7 Å². The molecule has 0 saturated carbocycles. The van der Waals surface area contributed by atoms with Gasteiger partial charge in [0, 0.05) is 12.0 Å². The molecule has 0 saturated heterocycles. The van der Waals surface area contributed by atoms with Crippen molar-refractivity contribution < 1.29 is 10.2 Å². The summed E-state index contributed by atoms with van der Waals surface area (Å²) in [6.45, 7) is 7.44. The molecule has 0 aliphatic carbocycles. The van der Waals surface area contributed by atoms with Gasteiger partial charge in [-0.15, -0.1) is 0 Å². The summed E-state index contributed by atoms with van der Waals surface area (Å²) in [5.74, 6) is -0.351. The summed E-state index contributed by atoms with van der Waals surface area (Å²) in [7, 11) is 0. The van der Waals surface area contributed by atoms with Crippen molar-refractivity contribution in [1.29, 1.82) is 0 Å². The Morgan fingerprint density at radius 1 is 1.31 bits per heavy atom. The molecule has 0 unspecified atom stereocenters. The van der Waals surface area contributed by atoms with E-state index in [4.69, 9.17) is 0 Å². The Balaban J connectivity index is 2.57. The van der Waals surface area contributed by atoms with Gasteiger partial charge in [0.1, 0.15) is 11.4 Å². The maximum atomic E-state index is 11.6. The Morgan fingerprint density at radius 2 is 2.00 bits per heavy atom. The third-order valence-electron chi connectivity index (χ3n) is 3.91. The Kier molecular flexibility index (Phi) is 2.80. The Morgan fingerprint density at radius 3 is 2.62 bits per heavy atom. The average Bonchev–Trinajstić information content (AvgIpc) is 2.30. The van der Waals surface area contributed by atoms with Crippen LogP contribution < -0.4 is 9.59 Å². The van der Waals surface area contributed by atoms with Crippen molar-refractivity contribution in [2.75, 3.05) is 19.6 Å². The van der Waals surface area contributed by atoms with E-state index in [0.717, 1.165) is 48.2 Å². The number of aromatic hydroxyl groups is 1. The lowest BCUT2D eigenvalue weighted by Gasteiger charge is -2.41. The second-order valence-corrected chi connectivity index (χ2v) is 4.55. The number of aryl methyl sites for hydroxylation is 1. The van der Waals surface area contributed by atoms with E-state index in [1.165, 1.54) is 0 Å². The van der Waals surface area contributed by atoms with Gasteiger partial charge in [-0.25, -0.2) is 0 Å². The highest BCUT2D eigenvalue weighted by Crippen LogP contribution is 2.39. The number of phenolic OH excluding ortho intramolecular Hbond substituents is 1. The summed E-state index contributed by atoms with van der Waals surface area (Å²) < 4.78 is 0.880. The van der Waals surface area contributed by atoms with Gasteiger partial charge in [0.15, 0.2) is 0 Å². The molecular weight excluding hydrogens is 202 g/mol. The number of phenols is 1. The monoisotopic (exact) mass is 221 g/mol. The second-order valence-electron chi connectivity index (χ2n) is 4.55. The number of rotatable bonds is 2. The largest absolute Gasteiger partial charge is 0.870 e. The number of quaternary nitrogens is 1. The van der Waals surface area contributed by atoms with E-state index in [1.807, 2.05) is 0 Å². The van der Waals surface area contributed by atoms with Crippen LogP contribution in [0.1, 0.15) is 25.8 Å². The van der Waals surface area contributed by atoms with E-state index in [1.54, 1.807) is 12.1 Å². The fourth-order valence-corrected chi connectivity index (χ4v) is 2.82. The van der Waals surface area contributed by atoms with Crippen LogP contribution in [0.4, 0.5) is 5.69 Å². The highest BCUT2D eigenvalue weighted by atomic mass is 16.3. The van der Waals surface area contributed by atoms with E-state index >= 15 is 0 Å². The Bertz CT molecular complexity index is 397. The van der Waals surface area contributed by atoms with Gasteiger partial charge in [-0.05, 0) is 32.4 Å². The molecule has 0 bridgehead atoms. The van der Waals surface area contributed by atoms with Crippen molar-refractivity contribution in [2.24, 2.45) is 0 Å². The summed E-state index contributed by atoms with van der Waals surface area (Å²) in [6, 6.07) is 3.30. The lowest BCUT2D eigenvalue weighted by Crippen LogP contribution is -2.52. The van der Waals surface area contributed by atoms with Crippen molar-refractivity contribution in [2.45, 2.75) is 26.7 Å². The summed E-state index contributed by atoms with van der Waals surface area (Å²) in [4.78, 5) is 0. The van der Waals surface area contributed by atoms with Crippen LogP contribution in [0.3, 0.4) is 0 Å². The van der Waals surface area contributed by atoms with Crippen molar-refractivity contribution in [3.63, 3.8) is 0 Å². The number of benzene rings is 1. The number of nitrogens with zero attached hydrogens (tertiary/aromatic N) is 1. The molecule has 0 atom stereocenters. The summed E-state index contributed by atoms with van der Waals surface area (Å²) in [5.41, 5.74) is 2.27. The van der Waals surface area contributed by atoms with Crippen LogP contribution in [0, 0.1) is 0 Å². The third-order valence-corrected chi connectivity index (χ3v) is 3.91. The molecule has 3 heteroatoms. The van der Waals surface area contributed by atoms with Gasteiger partial charge in [-0.1, -0.05) is 5.75 Å². The maximum absolute atomic E-state index is 11.6. The highest BCUT2D eigenvalue weighted by Gasteiger charge is 2.32.